The number of ether oxygens (including phenoxy) is 6. The first-order valence-electron chi connectivity index (χ1n) is 32.7. The number of hydrogen-bond donors (Lipinski definition) is 0. The molecule has 10 rings (SSSR count). The van der Waals surface area contributed by atoms with Crippen molar-refractivity contribution in [2.75, 3.05) is 39.6 Å². The molecule has 2 heterocycles. The molecule has 466 valence electrons. The molecular formula is C78H84F2N4O6. The van der Waals surface area contributed by atoms with E-state index in [1.807, 2.05) is 48.5 Å². The van der Waals surface area contributed by atoms with Crippen LogP contribution in [0.5, 0.6) is 34.5 Å². The molecule has 0 N–H and O–H groups in total. The summed E-state index contributed by atoms with van der Waals surface area (Å²) in [7, 11) is 0. The molecule has 0 aliphatic heterocycles. The molecule has 12 heteroatoms. The number of hydrogen-bond acceptors (Lipinski definition) is 10. The summed E-state index contributed by atoms with van der Waals surface area (Å²) in [5.74, 6) is 4.33. The van der Waals surface area contributed by atoms with Gasteiger partial charge in [0.25, 0.3) is 0 Å². The smallest absolute Gasteiger partial charge is 0.162 e. The molecule has 90 heavy (non-hydrogen) atoms. The van der Waals surface area contributed by atoms with Gasteiger partial charge in [-0.2, -0.15) is 0 Å². The van der Waals surface area contributed by atoms with Crippen LogP contribution < -0.4 is 28.4 Å². The second-order valence-electron chi connectivity index (χ2n) is 23.0. The van der Waals surface area contributed by atoms with Gasteiger partial charge in [0.05, 0.1) is 50.8 Å². The van der Waals surface area contributed by atoms with Crippen molar-refractivity contribution in [3.05, 3.63) is 194 Å². The summed E-state index contributed by atoms with van der Waals surface area (Å²) in [4.78, 5) is 17.8. The van der Waals surface area contributed by atoms with Gasteiger partial charge in [-0.15, -0.1) is 0 Å². The Hall–Kier alpha value is -8.90. The third kappa shape index (κ3) is 18.1. The van der Waals surface area contributed by atoms with Crippen LogP contribution in [0.1, 0.15) is 129 Å². The zero-order chi connectivity index (χ0) is 62.0. The van der Waals surface area contributed by atoms with Crippen molar-refractivity contribution in [2.45, 2.75) is 129 Å². The molecule has 0 spiro atoms. The third-order valence-electron chi connectivity index (χ3n) is 16.2. The highest BCUT2D eigenvalue weighted by molar-refractivity contribution is 6.09. The summed E-state index contributed by atoms with van der Waals surface area (Å²) < 4.78 is 66.7. The number of halogens is 2. The summed E-state index contributed by atoms with van der Waals surface area (Å²) in [6.07, 6.45) is 26.3. The minimum atomic E-state index is -0.403. The lowest BCUT2D eigenvalue weighted by Crippen LogP contribution is -2.03. The van der Waals surface area contributed by atoms with Crippen molar-refractivity contribution in [2.24, 2.45) is 0 Å². The van der Waals surface area contributed by atoms with E-state index in [-0.39, 0.29) is 0 Å². The first-order chi connectivity index (χ1) is 44.4. The highest BCUT2D eigenvalue weighted by Gasteiger charge is 2.20. The van der Waals surface area contributed by atoms with Crippen LogP contribution in [0, 0.1) is 11.6 Å². The van der Waals surface area contributed by atoms with E-state index in [1.165, 1.54) is 61.4 Å². The van der Waals surface area contributed by atoms with Crippen LogP contribution in [0.15, 0.2) is 183 Å². The summed E-state index contributed by atoms with van der Waals surface area (Å²) in [5, 5.41) is 4.65. The highest BCUT2D eigenvalue weighted by atomic mass is 19.1. The molecule has 0 bridgehead atoms. The van der Waals surface area contributed by atoms with Crippen molar-refractivity contribution >= 4 is 21.5 Å². The minimum Gasteiger partial charge on any atom is -0.494 e. The zero-order valence-corrected chi connectivity index (χ0v) is 52.3. The Bertz CT molecular complexity index is 3560. The Kier molecular flexibility index (Phi) is 24.3. The molecular weight excluding hydrogens is 1130 g/mol. The van der Waals surface area contributed by atoms with Crippen LogP contribution in [0.25, 0.3) is 77.7 Å². The topological polar surface area (TPSA) is 107 Å². The first-order valence-corrected chi connectivity index (χ1v) is 32.7. The van der Waals surface area contributed by atoms with E-state index in [1.54, 1.807) is 49.1 Å². The van der Waals surface area contributed by atoms with Crippen molar-refractivity contribution in [1.29, 1.82) is 0 Å². The lowest BCUT2D eigenvalue weighted by Gasteiger charge is -2.20. The van der Waals surface area contributed by atoms with Gasteiger partial charge in [0, 0.05) is 59.2 Å². The fourth-order valence-corrected chi connectivity index (χ4v) is 11.1. The van der Waals surface area contributed by atoms with E-state index in [0.717, 1.165) is 144 Å². The van der Waals surface area contributed by atoms with Crippen LogP contribution in [0.4, 0.5) is 8.78 Å². The number of fused-ring (bicyclic) bond motifs is 2. The quantitative estimate of drug-likeness (QED) is 0.0349. The van der Waals surface area contributed by atoms with Gasteiger partial charge in [0.15, 0.2) is 11.6 Å². The van der Waals surface area contributed by atoms with Gasteiger partial charge in [0.2, 0.25) is 0 Å². The maximum atomic E-state index is 14.9. The largest absolute Gasteiger partial charge is 0.494 e. The summed E-state index contributed by atoms with van der Waals surface area (Å²) >= 11 is 0. The molecule has 0 unspecified atom stereocenters. The standard InChI is InChI=1S/C78H84F2N4O6/c1-3-5-45-87-65-39-41-69(71(79)51-65)77-81-53-61(54-82-77)57-29-35-63(36-30-57)85-47-21-13-9-7-11-15-23-49-89-73-43-33-59-25-17-19-27-67(59)75(73)76-68-28-20-18-26-60(68)34-44-74(76)90-50-24-16-12-8-10-14-22-48-86-64-37-31-58(32-38-64)62-55-83-78(84-56-62)70-42-40-66(52-72(70)80)88-46-6-4-2/h17-20,25-44,51-56H,3-16,21-24,45-50H2,1-2H3. The second kappa shape index (κ2) is 34.2. The van der Waals surface area contributed by atoms with Crippen molar-refractivity contribution in [1.82, 2.24) is 19.9 Å². The van der Waals surface area contributed by atoms with Gasteiger partial charge in [-0.1, -0.05) is 176 Å². The zero-order valence-electron chi connectivity index (χ0n) is 52.3. The number of aromatic nitrogens is 4. The Balaban J connectivity index is 0.611. The molecule has 8 aromatic carbocycles. The number of benzene rings is 8. The SMILES string of the molecule is CCCCOc1ccc(-c2ncc(-c3ccc(OCCCCCCCCCOc4ccc5ccccc5c4-c4c(OCCCCCCCCCOc5ccc(-c6cnc(-c7ccc(OCCCC)cc7F)nc6)cc5)ccc5ccccc45)cc3)cn2)c(F)c1. The lowest BCUT2D eigenvalue weighted by molar-refractivity contribution is 0.298. The molecule has 10 aromatic rings. The molecule has 0 saturated carbocycles. The average molecular weight is 1210 g/mol. The van der Waals surface area contributed by atoms with E-state index in [2.05, 4.69) is 107 Å². The predicted octanol–water partition coefficient (Wildman–Crippen LogP) is 20.9. The van der Waals surface area contributed by atoms with Gasteiger partial charge < -0.3 is 28.4 Å². The van der Waals surface area contributed by atoms with E-state index in [4.69, 9.17) is 28.4 Å². The van der Waals surface area contributed by atoms with E-state index in [0.29, 0.717) is 73.9 Å². The fraction of sp³-hybridized carbons (Fsp3) is 0.333. The first kappa shape index (κ1) is 64.1. The molecule has 0 saturated heterocycles. The third-order valence-corrected chi connectivity index (χ3v) is 16.2. The molecule has 0 aliphatic rings. The summed E-state index contributed by atoms with van der Waals surface area (Å²) in [6.45, 7) is 7.95. The maximum Gasteiger partial charge on any atom is 0.162 e. The van der Waals surface area contributed by atoms with Gasteiger partial charge in [-0.3, -0.25) is 0 Å². The molecule has 0 aliphatic carbocycles. The Labute approximate surface area is 530 Å². The van der Waals surface area contributed by atoms with E-state index < -0.39 is 11.6 Å². The molecule has 0 radical (unpaired) electrons. The second-order valence-corrected chi connectivity index (χ2v) is 23.0. The number of rotatable bonds is 37. The van der Waals surface area contributed by atoms with Crippen molar-refractivity contribution < 1.29 is 37.2 Å². The van der Waals surface area contributed by atoms with Gasteiger partial charge in [0.1, 0.15) is 46.1 Å². The van der Waals surface area contributed by atoms with E-state index >= 15 is 0 Å². The summed E-state index contributed by atoms with van der Waals surface area (Å²) in [6, 6.07) is 51.4. The normalized spacial score (nSPS) is 11.3. The Morgan fingerprint density at radius 1 is 0.300 bits per heavy atom. The maximum absolute atomic E-state index is 14.9. The minimum absolute atomic E-state index is 0.337. The molecule has 0 fully saturated rings. The summed E-state index contributed by atoms with van der Waals surface area (Å²) in [5.41, 5.74) is 6.50. The number of nitrogens with zero attached hydrogens (tertiary/aromatic N) is 4. The van der Waals surface area contributed by atoms with Gasteiger partial charge in [-0.25, -0.2) is 28.7 Å². The van der Waals surface area contributed by atoms with Crippen LogP contribution in [0.3, 0.4) is 0 Å². The predicted molar refractivity (Wildman–Crippen MR) is 360 cm³/mol. The Morgan fingerprint density at radius 2 is 0.622 bits per heavy atom. The van der Waals surface area contributed by atoms with Crippen LogP contribution >= 0.6 is 0 Å². The molecule has 2 aromatic heterocycles. The van der Waals surface area contributed by atoms with E-state index in [9.17, 15) is 8.78 Å². The van der Waals surface area contributed by atoms with Gasteiger partial charge in [-0.05, 0) is 132 Å². The lowest BCUT2D eigenvalue weighted by atomic mass is 9.92. The monoisotopic (exact) mass is 1210 g/mol. The fourth-order valence-electron chi connectivity index (χ4n) is 11.1. The van der Waals surface area contributed by atoms with Crippen molar-refractivity contribution in [3.8, 4) is 90.7 Å². The highest BCUT2D eigenvalue weighted by Crippen LogP contribution is 2.46. The van der Waals surface area contributed by atoms with Gasteiger partial charge >= 0.3 is 0 Å². The molecule has 0 atom stereocenters. The molecule has 10 nitrogen and oxygen atoms in total. The van der Waals surface area contributed by atoms with Crippen molar-refractivity contribution in [3.63, 3.8) is 0 Å². The van der Waals surface area contributed by atoms with Crippen LogP contribution in [-0.2, 0) is 0 Å². The Morgan fingerprint density at radius 3 is 0.989 bits per heavy atom. The number of unbranched alkanes of at least 4 members (excludes halogenated alkanes) is 14. The van der Waals surface area contributed by atoms with Crippen LogP contribution in [-0.4, -0.2) is 59.6 Å². The molecule has 0 amide bonds. The van der Waals surface area contributed by atoms with Crippen LogP contribution in [0.2, 0.25) is 0 Å². The average Bonchev–Trinajstić information content (AvgIpc) is 0.804.